The van der Waals surface area contributed by atoms with Crippen LogP contribution in [0, 0.1) is 13.8 Å². The van der Waals surface area contributed by atoms with E-state index in [9.17, 15) is 0 Å². The second-order valence-electron chi connectivity index (χ2n) is 5.08. The van der Waals surface area contributed by atoms with E-state index in [1.807, 2.05) is 0 Å². The van der Waals surface area contributed by atoms with Gasteiger partial charge in [0.15, 0.2) is 18.4 Å². The smallest absolute Gasteiger partial charge is 0.181 e. The Bertz CT molecular complexity index is 710. The van der Waals surface area contributed by atoms with Gasteiger partial charge in [0.25, 0.3) is 0 Å². The number of aromatic nitrogens is 2. The number of para-hydroxylation sites is 1. The summed E-state index contributed by atoms with van der Waals surface area (Å²) in [7, 11) is 0. The third-order valence-electron chi connectivity index (χ3n) is 3.91. The van der Waals surface area contributed by atoms with Gasteiger partial charge in [-0.3, -0.25) is 0 Å². The summed E-state index contributed by atoms with van der Waals surface area (Å²) in [4.78, 5) is 3.34. The monoisotopic (exact) mass is 251 g/mol. The topological polar surface area (TPSA) is 19.7 Å². The molecule has 0 unspecified atom stereocenters. The zero-order chi connectivity index (χ0) is 13.2. The Kier molecular flexibility index (Phi) is 3.08. The molecule has 2 aromatic heterocycles. The lowest BCUT2D eigenvalue weighted by Crippen LogP contribution is -2.38. The van der Waals surface area contributed by atoms with Gasteiger partial charge in [0.1, 0.15) is 0 Å². The number of aromatic amines is 1. The Balaban J connectivity index is 1.84. The first-order valence-corrected chi connectivity index (χ1v) is 6.76. The number of H-pyrrole nitrogens is 1. The van der Waals surface area contributed by atoms with Gasteiger partial charge in [0, 0.05) is 42.1 Å². The number of nitrogens with one attached hydrogen (secondary N) is 1. The highest BCUT2D eigenvalue weighted by Gasteiger charge is 2.10. The minimum Gasteiger partial charge on any atom is -0.361 e. The molecule has 96 valence electrons. The van der Waals surface area contributed by atoms with E-state index in [-0.39, 0.29) is 0 Å². The molecule has 2 heterocycles. The number of benzene rings is 1. The van der Waals surface area contributed by atoms with Crippen molar-refractivity contribution < 1.29 is 4.57 Å². The molecule has 2 nitrogen and oxygen atoms in total. The van der Waals surface area contributed by atoms with Crippen LogP contribution in [0.3, 0.4) is 0 Å². The second kappa shape index (κ2) is 4.88. The maximum Gasteiger partial charge on any atom is 0.181 e. The zero-order valence-corrected chi connectivity index (χ0v) is 11.5. The maximum absolute atomic E-state index is 3.34. The number of rotatable bonds is 3. The third kappa shape index (κ3) is 2.26. The average molecular weight is 251 g/mol. The van der Waals surface area contributed by atoms with E-state index in [0.29, 0.717) is 0 Å². The highest BCUT2D eigenvalue weighted by atomic mass is 14.9. The standard InChI is InChI=1S/C17H19N2/c1-13-6-5-10-19(14(13)2)11-9-15-12-18-17-8-4-3-7-16(15)17/h3-8,10,12,18H,9,11H2,1-2H3/q+1. The van der Waals surface area contributed by atoms with Crippen LogP contribution in [-0.4, -0.2) is 4.98 Å². The molecule has 3 aromatic rings. The first kappa shape index (κ1) is 12.0. The Morgan fingerprint density at radius 3 is 2.79 bits per heavy atom. The van der Waals surface area contributed by atoms with Gasteiger partial charge in [-0.15, -0.1) is 0 Å². The van der Waals surface area contributed by atoms with E-state index in [1.165, 1.54) is 27.7 Å². The molecule has 0 saturated heterocycles. The minimum absolute atomic E-state index is 1.02. The summed E-state index contributed by atoms with van der Waals surface area (Å²) in [5, 5.41) is 1.34. The number of aryl methyl sites for hydroxylation is 3. The zero-order valence-electron chi connectivity index (χ0n) is 11.5. The molecular weight excluding hydrogens is 232 g/mol. The van der Waals surface area contributed by atoms with Crippen molar-refractivity contribution in [2.75, 3.05) is 0 Å². The molecule has 0 aliphatic heterocycles. The molecule has 0 amide bonds. The molecule has 0 spiro atoms. The summed E-state index contributed by atoms with van der Waals surface area (Å²) in [6, 6.07) is 12.8. The SMILES string of the molecule is Cc1ccc[n+](CCc2c[nH]c3ccccc23)c1C. The van der Waals surface area contributed by atoms with Crippen molar-refractivity contribution in [1.29, 1.82) is 0 Å². The van der Waals surface area contributed by atoms with Gasteiger partial charge in [-0.2, -0.15) is 0 Å². The van der Waals surface area contributed by atoms with Crippen molar-refractivity contribution in [1.82, 2.24) is 4.98 Å². The lowest BCUT2D eigenvalue weighted by atomic mass is 10.1. The van der Waals surface area contributed by atoms with E-state index in [2.05, 4.69) is 72.2 Å². The molecule has 0 bridgehead atoms. The van der Waals surface area contributed by atoms with Crippen LogP contribution in [0.4, 0.5) is 0 Å². The van der Waals surface area contributed by atoms with Crippen molar-refractivity contribution in [3.05, 3.63) is 65.6 Å². The number of pyridine rings is 1. The van der Waals surface area contributed by atoms with Gasteiger partial charge < -0.3 is 4.98 Å². The van der Waals surface area contributed by atoms with Crippen LogP contribution in [0.5, 0.6) is 0 Å². The van der Waals surface area contributed by atoms with Crippen molar-refractivity contribution in [2.24, 2.45) is 0 Å². The van der Waals surface area contributed by atoms with Crippen LogP contribution in [-0.2, 0) is 13.0 Å². The Morgan fingerprint density at radius 1 is 1.05 bits per heavy atom. The normalized spacial score (nSPS) is 11.1. The minimum atomic E-state index is 1.02. The Labute approximate surface area is 113 Å². The van der Waals surface area contributed by atoms with Gasteiger partial charge in [0.05, 0.1) is 0 Å². The fourth-order valence-electron chi connectivity index (χ4n) is 2.57. The van der Waals surface area contributed by atoms with E-state index in [1.54, 1.807) is 0 Å². The Hall–Kier alpha value is -2.09. The van der Waals surface area contributed by atoms with Crippen LogP contribution in [0.2, 0.25) is 0 Å². The largest absolute Gasteiger partial charge is 0.361 e. The van der Waals surface area contributed by atoms with E-state index >= 15 is 0 Å². The summed E-state index contributed by atoms with van der Waals surface area (Å²) in [6.07, 6.45) is 5.35. The summed E-state index contributed by atoms with van der Waals surface area (Å²) >= 11 is 0. The molecule has 0 aliphatic rings. The molecule has 3 rings (SSSR count). The highest BCUT2D eigenvalue weighted by Crippen LogP contribution is 2.18. The summed E-state index contributed by atoms with van der Waals surface area (Å²) in [6.45, 7) is 5.37. The van der Waals surface area contributed by atoms with Crippen LogP contribution < -0.4 is 4.57 Å². The fourth-order valence-corrected chi connectivity index (χ4v) is 2.57. The van der Waals surface area contributed by atoms with Crippen LogP contribution >= 0.6 is 0 Å². The van der Waals surface area contributed by atoms with E-state index < -0.39 is 0 Å². The number of fused-ring (bicyclic) bond motifs is 1. The molecule has 0 atom stereocenters. The van der Waals surface area contributed by atoms with Crippen molar-refractivity contribution in [3.63, 3.8) is 0 Å². The first-order valence-electron chi connectivity index (χ1n) is 6.76. The second-order valence-corrected chi connectivity index (χ2v) is 5.08. The quantitative estimate of drug-likeness (QED) is 0.689. The van der Waals surface area contributed by atoms with Gasteiger partial charge >= 0.3 is 0 Å². The van der Waals surface area contributed by atoms with E-state index in [4.69, 9.17) is 0 Å². The molecule has 0 saturated carbocycles. The summed E-state index contributed by atoms with van der Waals surface area (Å²) in [5.74, 6) is 0. The molecule has 1 N–H and O–H groups in total. The van der Waals surface area contributed by atoms with Crippen LogP contribution in [0.1, 0.15) is 16.8 Å². The lowest BCUT2D eigenvalue weighted by Gasteiger charge is -2.02. The molecule has 2 heteroatoms. The van der Waals surface area contributed by atoms with Crippen molar-refractivity contribution >= 4 is 10.9 Å². The van der Waals surface area contributed by atoms with Gasteiger partial charge in [-0.1, -0.05) is 18.2 Å². The van der Waals surface area contributed by atoms with Gasteiger partial charge in [-0.25, -0.2) is 4.57 Å². The third-order valence-corrected chi connectivity index (χ3v) is 3.91. The summed E-state index contributed by atoms with van der Waals surface area (Å²) < 4.78 is 2.33. The molecule has 1 aromatic carbocycles. The summed E-state index contributed by atoms with van der Waals surface area (Å²) in [5.41, 5.74) is 5.32. The van der Waals surface area contributed by atoms with Crippen molar-refractivity contribution in [3.8, 4) is 0 Å². The highest BCUT2D eigenvalue weighted by molar-refractivity contribution is 5.82. The molecular formula is C17H19N2+. The molecule has 19 heavy (non-hydrogen) atoms. The predicted molar refractivity (Wildman–Crippen MR) is 78.1 cm³/mol. The molecule has 0 aliphatic carbocycles. The number of hydrogen-bond acceptors (Lipinski definition) is 0. The van der Waals surface area contributed by atoms with Gasteiger partial charge in [-0.05, 0) is 24.6 Å². The first-order chi connectivity index (χ1) is 9.25. The van der Waals surface area contributed by atoms with Crippen LogP contribution in [0.25, 0.3) is 10.9 Å². The Morgan fingerprint density at radius 2 is 1.89 bits per heavy atom. The van der Waals surface area contributed by atoms with Crippen LogP contribution in [0.15, 0.2) is 48.8 Å². The average Bonchev–Trinajstić information content (AvgIpc) is 2.84. The fraction of sp³-hybridized carbons (Fsp3) is 0.235. The lowest BCUT2D eigenvalue weighted by molar-refractivity contribution is -0.702. The molecule has 0 radical (unpaired) electrons. The maximum atomic E-state index is 3.34. The van der Waals surface area contributed by atoms with Crippen molar-refractivity contribution in [2.45, 2.75) is 26.8 Å². The molecule has 0 fully saturated rings. The predicted octanol–water partition coefficient (Wildman–Crippen LogP) is 3.31. The number of hydrogen-bond donors (Lipinski definition) is 1. The van der Waals surface area contributed by atoms with Gasteiger partial charge in [0.2, 0.25) is 0 Å². The van der Waals surface area contributed by atoms with E-state index in [0.717, 1.165) is 13.0 Å². The number of nitrogens with zero attached hydrogens (tertiary/aromatic N) is 1.